The van der Waals surface area contributed by atoms with Crippen molar-refractivity contribution in [3.8, 4) is 0 Å². The zero-order valence-corrected chi connectivity index (χ0v) is 6.77. The summed E-state index contributed by atoms with van der Waals surface area (Å²) in [4.78, 5) is 0. The first kappa shape index (κ1) is 7.21. The van der Waals surface area contributed by atoms with Crippen molar-refractivity contribution >= 4 is 12.2 Å². The number of rotatable bonds is 0. The van der Waals surface area contributed by atoms with Crippen molar-refractivity contribution in [1.82, 2.24) is 9.13 Å². The maximum absolute atomic E-state index is 7.34. The Morgan fingerprint density at radius 1 is 1.50 bits per heavy atom. The lowest BCUT2D eigenvalue weighted by atomic mass is 10.6. The largest absolute Gasteiger partial charge is 0.328 e. The summed E-state index contributed by atoms with van der Waals surface area (Å²) in [5.74, 6) is 0. The summed E-state index contributed by atoms with van der Waals surface area (Å²) in [5, 5.41) is 7.34. The molecular formula is C6H9N3S. The number of nitrogens with one attached hydrogen (secondary N) is 1. The van der Waals surface area contributed by atoms with E-state index in [9.17, 15) is 0 Å². The summed E-state index contributed by atoms with van der Waals surface area (Å²) in [7, 11) is 3.65. The van der Waals surface area contributed by atoms with Crippen LogP contribution < -0.4 is 5.49 Å². The fourth-order valence-electron chi connectivity index (χ4n) is 0.698. The average Bonchev–Trinajstić information content (AvgIpc) is 1.93. The third-order valence-electron chi connectivity index (χ3n) is 1.41. The molecule has 1 heterocycles. The Bertz CT molecular complexity index is 347. The fourth-order valence-corrected chi connectivity index (χ4v) is 0.857. The van der Waals surface area contributed by atoms with E-state index in [-0.39, 0.29) is 0 Å². The normalized spacial score (nSPS) is 9.80. The quantitative estimate of drug-likeness (QED) is 0.546. The molecule has 0 aromatic carbocycles. The first-order chi connectivity index (χ1) is 4.63. The van der Waals surface area contributed by atoms with Crippen LogP contribution in [0.1, 0.15) is 0 Å². The van der Waals surface area contributed by atoms with Crippen LogP contribution in [0.15, 0.2) is 12.3 Å². The topological polar surface area (TPSA) is 33.7 Å². The Morgan fingerprint density at radius 2 is 2.10 bits per heavy atom. The summed E-state index contributed by atoms with van der Waals surface area (Å²) in [6.07, 6.45) is 1.78. The molecule has 1 aromatic heterocycles. The SMILES string of the molecule is Cn1ccc(=N)n(C)c1=S. The van der Waals surface area contributed by atoms with E-state index in [1.165, 1.54) is 0 Å². The van der Waals surface area contributed by atoms with Gasteiger partial charge in [-0.3, -0.25) is 5.41 Å². The van der Waals surface area contributed by atoms with E-state index in [1.54, 1.807) is 28.4 Å². The van der Waals surface area contributed by atoms with Gasteiger partial charge in [0.15, 0.2) is 4.77 Å². The summed E-state index contributed by atoms with van der Waals surface area (Å²) >= 11 is 4.99. The molecule has 0 spiro atoms. The molecule has 0 fully saturated rings. The molecule has 1 rings (SSSR count). The zero-order chi connectivity index (χ0) is 7.72. The van der Waals surface area contributed by atoms with Gasteiger partial charge in [0.05, 0.1) is 0 Å². The van der Waals surface area contributed by atoms with E-state index in [4.69, 9.17) is 17.6 Å². The minimum absolute atomic E-state index is 0.433. The van der Waals surface area contributed by atoms with Gasteiger partial charge < -0.3 is 9.13 Å². The molecule has 0 amide bonds. The summed E-state index contributed by atoms with van der Waals surface area (Å²) in [6.45, 7) is 0. The Morgan fingerprint density at radius 3 is 2.60 bits per heavy atom. The van der Waals surface area contributed by atoms with Gasteiger partial charge >= 0.3 is 0 Å². The maximum atomic E-state index is 7.34. The van der Waals surface area contributed by atoms with E-state index in [0.717, 1.165) is 0 Å². The van der Waals surface area contributed by atoms with Crippen LogP contribution in [0.2, 0.25) is 0 Å². The van der Waals surface area contributed by atoms with E-state index in [1.807, 2.05) is 7.05 Å². The van der Waals surface area contributed by atoms with E-state index >= 15 is 0 Å². The number of hydrogen-bond acceptors (Lipinski definition) is 2. The highest BCUT2D eigenvalue weighted by atomic mass is 32.1. The van der Waals surface area contributed by atoms with Crippen LogP contribution in [-0.2, 0) is 14.1 Å². The molecule has 0 bridgehead atoms. The molecule has 54 valence electrons. The molecule has 0 atom stereocenters. The van der Waals surface area contributed by atoms with Gasteiger partial charge in [0, 0.05) is 20.3 Å². The number of nitrogens with zero attached hydrogens (tertiary/aromatic N) is 2. The van der Waals surface area contributed by atoms with Crippen molar-refractivity contribution < 1.29 is 0 Å². The van der Waals surface area contributed by atoms with Crippen molar-refractivity contribution in [2.75, 3.05) is 0 Å². The van der Waals surface area contributed by atoms with Crippen LogP contribution in [0.4, 0.5) is 0 Å². The van der Waals surface area contributed by atoms with E-state index in [0.29, 0.717) is 10.3 Å². The van der Waals surface area contributed by atoms with Gasteiger partial charge in [-0.15, -0.1) is 0 Å². The molecule has 0 aliphatic heterocycles. The zero-order valence-electron chi connectivity index (χ0n) is 5.96. The minimum atomic E-state index is 0.433. The van der Waals surface area contributed by atoms with Crippen molar-refractivity contribution in [3.05, 3.63) is 22.5 Å². The van der Waals surface area contributed by atoms with Crippen molar-refractivity contribution in [1.29, 1.82) is 5.41 Å². The van der Waals surface area contributed by atoms with Crippen LogP contribution in [0.5, 0.6) is 0 Å². The monoisotopic (exact) mass is 155 g/mol. The third kappa shape index (κ3) is 1.02. The van der Waals surface area contributed by atoms with Crippen molar-refractivity contribution in [2.24, 2.45) is 14.1 Å². The highest BCUT2D eigenvalue weighted by Gasteiger charge is 1.87. The van der Waals surface area contributed by atoms with Crippen LogP contribution in [0, 0.1) is 10.2 Å². The second-order valence-electron chi connectivity index (χ2n) is 2.15. The van der Waals surface area contributed by atoms with Crippen LogP contribution >= 0.6 is 12.2 Å². The second kappa shape index (κ2) is 2.38. The molecule has 0 aliphatic carbocycles. The summed E-state index contributed by atoms with van der Waals surface area (Å²) < 4.78 is 4.11. The third-order valence-corrected chi connectivity index (χ3v) is 1.97. The smallest absolute Gasteiger partial charge is 0.180 e. The van der Waals surface area contributed by atoms with Crippen molar-refractivity contribution in [3.63, 3.8) is 0 Å². The van der Waals surface area contributed by atoms with Crippen LogP contribution in [0.25, 0.3) is 0 Å². The summed E-state index contributed by atoms with van der Waals surface area (Å²) in [6, 6.07) is 1.70. The maximum Gasteiger partial charge on any atom is 0.180 e. The van der Waals surface area contributed by atoms with Crippen LogP contribution in [-0.4, -0.2) is 9.13 Å². The number of aryl methyl sites for hydroxylation is 1. The number of aromatic nitrogens is 2. The van der Waals surface area contributed by atoms with Crippen molar-refractivity contribution in [2.45, 2.75) is 0 Å². The second-order valence-corrected chi connectivity index (χ2v) is 2.52. The van der Waals surface area contributed by atoms with E-state index in [2.05, 4.69) is 0 Å². The Kier molecular flexibility index (Phi) is 1.72. The molecular weight excluding hydrogens is 146 g/mol. The van der Waals surface area contributed by atoms with Gasteiger partial charge in [-0.25, -0.2) is 0 Å². The molecule has 0 saturated carbocycles. The molecule has 1 N–H and O–H groups in total. The lowest BCUT2D eigenvalue weighted by Crippen LogP contribution is -2.19. The molecule has 0 radical (unpaired) electrons. The number of hydrogen-bond donors (Lipinski definition) is 1. The molecule has 0 unspecified atom stereocenters. The predicted molar refractivity (Wildman–Crippen MR) is 41.1 cm³/mol. The van der Waals surface area contributed by atoms with Crippen LogP contribution in [0.3, 0.4) is 0 Å². The van der Waals surface area contributed by atoms with Gasteiger partial charge in [-0.1, -0.05) is 0 Å². The van der Waals surface area contributed by atoms with Gasteiger partial charge in [0.2, 0.25) is 0 Å². The highest BCUT2D eigenvalue weighted by molar-refractivity contribution is 7.71. The first-order valence-electron chi connectivity index (χ1n) is 2.90. The fraction of sp³-hybridized carbons (Fsp3) is 0.333. The van der Waals surface area contributed by atoms with Gasteiger partial charge in [-0.2, -0.15) is 0 Å². The Hall–Kier alpha value is -0.900. The molecule has 1 aromatic rings. The lowest BCUT2D eigenvalue weighted by molar-refractivity contribution is 0.697. The first-order valence-corrected chi connectivity index (χ1v) is 3.31. The molecule has 10 heavy (non-hydrogen) atoms. The summed E-state index contributed by atoms with van der Waals surface area (Å²) in [5.41, 5.74) is 0.433. The molecule has 0 saturated heterocycles. The molecule has 0 aliphatic rings. The average molecular weight is 155 g/mol. The molecule has 4 heteroatoms. The molecule has 3 nitrogen and oxygen atoms in total. The predicted octanol–water partition coefficient (Wildman–Crippen LogP) is 0.573. The lowest BCUT2D eigenvalue weighted by Gasteiger charge is -2.02. The van der Waals surface area contributed by atoms with Gasteiger partial charge in [-0.05, 0) is 18.3 Å². The van der Waals surface area contributed by atoms with Gasteiger partial charge in [0.25, 0.3) is 0 Å². The van der Waals surface area contributed by atoms with E-state index < -0.39 is 0 Å². The Balaban J connectivity index is 3.66. The van der Waals surface area contributed by atoms with Gasteiger partial charge in [0.1, 0.15) is 5.49 Å². The Labute approximate surface area is 64.1 Å². The minimum Gasteiger partial charge on any atom is -0.328 e. The highest BCUT2D eigenvalue weighted by Crippen LogP contribution is 1.82. The standard InChI is InChI=1S/C6H9N3S/c1-8-4-3-5(7)9(2)6(8)10/h3-4,7H,1-2H3.